The highest BCUT2D eigenvalue weighted by Gasteiger charge is 2.16. The normalized spacial score (nSPS) is 26.1. The summed E-state index contributed by atoms with van der Waals surface area (Å²) in [6.45, 7) is 1.04. The van der Waals surface area contributed by atoms with Gasteiger partial charge in [-0.2, -0.15) is 0 Å². The summed E-state index contributed by atoms with van der Waals surface area (Å²) in [4.78, 5) is 11.9. The maximum absolute atomic E-state index is 10.2. The van der Waals surface area contributed by atoms with E-state index in [4.69, 9.17) is 0 Å². The number of nitrogens with zero attached hydrogens (tertiary/aromatic N) is 1. The molecule has 52 valence electrons. The Morgan fingerprint density at radius 1 is 1.78 bits per heavy atom. The number of carbonyl (C=O) groups excluding carboxylic acids is 1. The van der Waals surface area contributed by atoms with Crippen molar-refractivity contribution in [2.75, 3.05) is 13.6 Å². The fourth-order valence-corrected chi connectivity index (χ4v) is 1.09. The van der Waals surface area contributed by atoms with Gasteiger partial charge >= 0.3 is 0 Å². The van der Waals surface area contributed by atoms with E-state index in [0.29, 0.717) is 6.17 Å². The summed E-state index contributed by atoms with van der Waals surface area (Å²) in [6.07, 6.45) is 3.43. The third kappa shape index (κ3) is 1.42. The molecule has 0 aliphatic carbocycles. The van der Waals surface area contributed by atoms with Gasteiger partial charge in [-0.1, -0.05) is 0 Å². The molecule has 0 saturated carbocycles. The Balaban J connectivity index is 2.32. The van der Waals surface area contributed by atoms with E-state index in [1.54, 1.807) is 11.9 Å². The van der Waals surface area contributed by atoms with Crippen LogP contribution >= 0.6 is 0 Å². The lowest BCUT2D eigenvalue weighted by Gasteiger charge is -2.18. The van der Waals surface area contributed by atoms with Crippen LogP contribution in [0.25, 0.3) is 0 Å². The predicted molar refractivity (Wildman–Crippen MR) is 34.9 cm³/mol. The Bertz CT molecular complexity index is 99.2. The van der Waals surface area contributed by atoms with Gasteiger partial charge < -0.3 is 4.90 Å². The minimum atomic E-state index is 0.294. The van der Waals surface area contributed by atoms with E-state index in [0.717, 1.165) is 19.4 Å². The Morgan fingerprint density at radius 3 is 3.00 bits per heavy atom. The van der Waals surface area contributed by atoms with Crippen LogP contribution in [0.1, 0.15) is 12.8 Å². The van der Waals surface area contributed by atoms with Gasteiger partial charge in [0.1, 0.15) is 0 Å². The summed E-state index contributed by atoms with van der Waals surface area (Å²) in [5.74, 6) is 0. The van der Waals surface area contributed by atoms with Crippen LogP contribution in [0.3, 0.4) is 0 Å². The summed E-state index contributed by atoms with van der Waals surface area (Å²) < 4.78 is 0. The van der Waals surface area contributed by atoms with Crippen LogP contribution in [0.15, 0.2) is 0 Å². The van der Waals surface area contributed by atoms with Crippen LogP contribution in [0, 0.1) is 0 Å². The Kier molecular flexibility index (Phi) is 2.05. The number of hydrogen-bond donors (Lipinski definition) is 1. The molecule has 1 heterocycles. The number of hydrogen-bond acceptors (Lipinski definition) is 2. The lowest BCUT2D eigenvalue weighted by Crippen LogP contribution is -2.37. The van der Waals surface area contributed by atoms with Crippen LogP contribution < -0.4 is 5.32 Å². The molecule has 0 aromatic rings. The highest BCUT2D eigenvalue weighted by Crippen LogP contribution is 2.05. The molecule has 0 radical (unpaired) electrons. The minimum Gasteiger partial charge on any atom is -0.333 e. The molecule has 0 spiro atoms. The van der Waals surface area contributed by atoms with Gasteiger partial charge in [0.2, 0.25) is 6.41 Å². The molecule has 1 aliphatic rings. The topological polar surface area (TPSA) is 32.3 Å². The molecule has 1 aliphatic heterocycles. The molecular weight excluding hydrogens is 116 g/mol. The molecular formula is C6H12N2O. The van der Waals surface area contributed by atoms with Crippen molar-refractivity contribution in [2.45, 2.75) is 19.0 Å². The zero-order valence-corrected chi connectivity index (χ0v) is 5.63. The summed E-state index contributed by atoms with van der Waals surface area (Å²) in [5, 5.41) is 3.20. The van der Waals surface area contributed by atoms with E-state index in [1.807, 2.05) is 0 Å². The van der Waals surface area contributed by atoms with Crippen LogP contribution in [0.5, 0.6) is 0 Å². The molecule has 1 saturated heterocycles. The second-order valence-electron chi connectivity index (χ2n) is 2.38. The highest BCUT2D eigenvalue weighted by molar-refractivity contribution is 5.46. The standard InChI is InChI=1S/C6H12N2O/c1-8(5-9)6-3-2-4-7-6/h5-7H,2-4H2,1H3. The summed E-state index contributed by atoms with van der Waals surface area (Å²) in [6, 6.07) is 0. The second-order valence-corrected chi connectivity index (χ2v) is 2.38. The van der Waals surface area contributed by atoms with Crippen LogP contribution in [-0.2, 0) is 4.79 Å². The average molecular weight is 128 g/mol. The fourth-order valence-electron chi connectivity index (χ4n) is 1.09. The van der Waals surface area contributed by atoms with Crippen molar-refractivity contribution in [3.05, 3.63) is 0 Å². The first kappa shape index (κ1) is 6.55. The van der Waals surface area contributed by atoms with Gasteiger partial charge in [0.25, 0.3) is 0 Å². The molecule has 1 unspecified atom stereocenters. The quantitative estimate of drug-likeness (QED) is 0.522. The van der Waals surface area contributed by atoms with E-state index < -0.39 is 0 Å². The maximum Gasteiger partial charge on any atom is 0.210 e. The van der Waals surface area contributed by atoms with E-state index >= 15 is 0 Å². The van der Waals surface area contributed by atoms with Crippen molar-refractivity contribution < 1.29 is 4.79 Å². The van der Waals surface area contributed by atoms with Crippen molar-refractivity contribution >= 4 is 6.41 Å². The molecule has 1 amide bonds. The van der Waals surface area contributed by atoms with Gasteiger partial charge in [0.05, 0.1) is 6.17 Å². The lowest BCUT2D eigenvalue weighted by molar-refractivity contribution is -0.119. The summed E-state index contributed by atoms with van der Waals surface area (Å²) in [7, 11) is 1.80. The average Bonchev–Trinajstić information content (AvgIpc) is 2.37. The fraction of sp³-hybridized carbons (Fsp3) is 0.833. The third-order valence-corrected chi connectivity index (χ3v) is 1.69. The summed E-state index contributed by atoms with van der Waals surface area (Å²) >= 11 is 0. The first-order valence-corrected chi connectivity index (χ1v) is 3.25. The van der Waals surface area contributed by atoms with Gasteiger partial charge in [0, 0.05) is 7.05 Å². The molecule has 3 nitrogen and oxygen atoms in total. The van der Waals surface area contributed by atoms with E-state index in [2.05, 4.69) is 5.32 Å². The molecule has 9 heavy (non-hydrogen) atoms. The van der Waals surface area contributed by atoms with Crippen LogP contribution in [0.2, 0.25) is 0 Å². The largest absolute Gasteiger partial charge is 0.333 e. The second kappa shape index (κ2) is 2.82. The monoisotopic (exact) mass is 128 g/mol. The SMILES string of the molecule is CN(C=O)C1CCCN1. The molecule has 3 heteroatoms. The van der Waals surface area contributed by atoms with Crippen molar-refractivity contribution in [1.82, 2.24) is 10.2 Å². The third-order valence-electron chi connectivity index (χ3n) is 1.69. The van der Waals surface area contributed by atoms with Gasteiger partial charge in [-0.25, -0.2) is 0 Å². The smallest absolute Gasteiger partial charge is 0.210 e. The predicted octanol–water partition coefficient (Wildman–Crippen LogP) is -0.216. The van der Waals surface area contributed by atoms with E-state index in [9.17, 15) is 4.79 Å². The van der Waals surface area contributed by atoms with Gasteiger partial charge in [-0.05, 0) is 19.4 Å². The number of carbonyl (C=O) groups is 1. The van der Waals surface area contributed by atoms with Crippen molar-refractivity contribution in [2.24, 2.45) is 0 Å². The zero-order valence-electron chi connectivity index (χ0n) is 5.63. The molecule has 1 fully saturated rings. The molecule has 1 rings (SSSR count). The number of nitrogens with one attached hydrogen (secondary N) is 1. The van der Waals surface area contributed by atoms with Crippen molar-refractivity contribution in [3.8, 4) is 0 Å². The maximum atomic E-state index is 10.2. The van der Waals surface area contributed by atoms with Crippen molar-refractivity contribution in [3.63, 3.8) is 0 Å². The van der Waals surface area contributed by atoms with Crippen LogP contribution in [0.4, 0.5) is 0 Å². The van der Waals surface area contributed by atoms with Crippen LogP contribution in [-0.4, -0.2) is 31.1 Å². The van der Waals surface area contributed by atoms with Gasteiger partial charge in [0.15, 0.2) is 0 Å². The molecule has 0 aromatic heterocycles. The van der Waals surface area contributed by atoms with Gasteiger partial charge in [-0.3, -0.25) is 10.1 Å². The number of rotatable bonds is 2. The lowest BCUT2D eigenvalue weighted by atomic mass is 10.3. The van der Waals surface area contributed by atoms with Gasteiger partial charge in [-0.15, -0.1) is 0 Å². The summed E-state index contributed by atoms with van der Waals surface area (Å²) in [5.41, 5.74) is 0. The Labute approximate surface area is 55.0 Å². The molecule has 0 bridgehead atoms. The first-order valence-electron chi connectivity index (χ1n) is 3.25. The molecule has 1 atom stereocenters. The van der Waals surface area contributed by atoms with E-state index in [1.165, 1.54) is 6.42 Å². The zero-order chi connectivity index (χ0) is 6.69. The number of amides is 1. The molecule has 0 aromatic carbocycles. The Morgan fingerprint density at radius 2 is 2.56 bits per heavy atom. The van der Waals surface area contributed by atoms with Crippen molar-refractivity contribution in [1.29, 1.82) is 0 Å². The minimum absolute atomic E-state index is 0.294. The molecule has 1 N–H and O–H groups in total. The highest BCUT2D eigenvalue weighted by atomic mass is 16.1. The van der Waals surface area contributed by atoms with E-state index in [-0.39, 0.29) is 0 Å². The first-order chi connectivity index (χ1) is 4.34. The Hall–Kier alpha value is -0.570.